The van der Waals surface area contributed by atoms with Gasteiger partial charge in [0, 0.05) is 12.8 Å². The zero-order valence-electron chi connectivity index (χ0n) is 53.8. The van der Waals surface area contributed by atoms with Gasteiger partial charge in [-0.2, -0.15) is 0 Å². The van der Waals surface area contributed by atoms with Gasteiger partial charge in [-0.05, 0) is 89.5 Å². The second-order valence-corrected chi connectivity index (χ2v) is 26.1. The van der Waals surface area contributed by atoms with Crippen molar-refractivity contribution in [3.63, 3.8) is 0 Å². The highest BCUT2D eigenvalue weighted by molar-refractivity contribution is 7.47. The van der Waals surface area contributed by atoms with Crippen LogP contribution in [0.4, 0.5) is 0 Å². The Morgan fingerprint density at radius 3 is 1.18 bits per heavy atom. The van der Waals surface area contributed by atoms with Gasteiger partial charge in [-0.1, -0.05) is 282 Å². The van der Waals surface area contributed by atoms with Crippen molar-refractivity contribution < 1.29 is 37.3 Å². The lowest BCUT2D eigenvalue weighted by molar-refractivity contribution is -0.870. The Labute approximate surface area is 497 Å². The van der Waals surface area contributed by atoms with Crippen molar-refractivity contribution in [3.05, 3.63) is 48.6 Å². The summed E-state index contributed by atoms with van der Waals surface area (Å²) in [6.07, 6.45) is 75.5. The smallest absolute Gasteiger partial charge is 0.456 e. The lowest BCUT2D eigenvalue weighted by Gasteiger charge is -2.27. The molecule has 0 heterocycles. The van der Waals surface area contributed by atoms with E-state index in [0.29, 0.717) is 17.4 Å². The number of carbonyl (C=O) groups excluding carboxylic acids is 2. The first-order chi connectivity index (χ1) is 38.9. The highest BCUT2D eigenvalue weighted by Crippen LogP contribution is 2.43. The van der Waals surface area contributed by atoms with Crippen LogP contribution in [-0.2, 0) is 27.9 Å². The number of esters is 1. The van der Waals surface area contributed by atoms with E-state index in [1.807, 2.05) is 33.3 Å². The molecule has 0 aromatic rings. The van der Waals surface area contributed by atoms with Gasteiger partial charge in [0.05, 0.1) is 33.8 Å². The molecule has 0 saturated heterocycles. The molecular formula is C70H134N2O7P+. The molecule has 470 valence electrons. The van der Waals surface area contributed by atoms with Crippen LogP contribution in [0.3, 0.4) is 0 Å². The number of hydrogen-bond acceptors (Lipinski definition) is 6. The highest BCUT2D eigenvalue weighted by atomic mass is 31.2. The second-order valence-electron chi connectivity index (χ2n) is 24.7. The number of amides is 1. The Balaban J connectivity index is 4.99. The van der Waals surface area contributed by atoms with Gasteiger partial charge in [-0.3, -0.25) is 18.6 Å². The van der Waals surface area contributed by atoms with Crippen molar-refractivity contribution in [2.75, 3.05) is 40.9 Å². The molecule has 0 aliphatic rings. The summed E-state index contributed by atoms with van der Waals surface area (Å²) < 4.78 is 30.8. The van der Waals surface area contributed by atoms with Crippen molar-refractivity contribution in [2.24, 2.45) is 0 Å². The van der Waals surface area contributed by atoms with Gasteiger partial charge in [0.1, 0.15) is 19.3 Å². The summed E-state index contributed by atoms with van der Waals surface area (Å²) in [6.45, 7) is 7.01. The third kappa shape index (κ3) is 60.6. The van der Waals surface area contributed by atoms with E-state index in [0.717, 1.165) is 64.2 Å². The van der Waals surface area contributed by atoms with Crippen molar-refractivity contribution in [3.8, 4) is 0 Å². The van der Waals surface area contributed by atoms with Crippen molar-refractivity contribution >= 4 is 19.7 Å². The number of likely N-dealkylation sites (N-methyl/N-ethyl adjacent to an activating group) is 1. The fourth-order valence-electron chi connectivity index (χ4n) is 10.1. The summed E-state index contributed by atoms with van der Waals surface area (Å²) in [5, 5.41) is 3.07. The summed E-state index contributed by atoms with van der Waals surface area (Å²) in [4.78, 5) is 37.8. The number of phosphoric ester groups is 1. The zero-order chi connectivity index (χ0) is 58.6. The lowest BCUT2D eigenvalue weighted by atomic mass is 10.0. The zero-order valence-corrected chi connectivity index (χ0v) is 54.7. The van der Waals surface area contributed by atoms with Gasteiger partial charge < -0.3 is 19.4 Å². The minimum absolute atomic E-state index is 0.0411. The summed E-state index contributed by atoms with van der Waals surface area (Å²) in [6, 6.07) is -0.848. The standard InChI is InChI=1S/C70H133N2O7P/c1-7-10-13-16-19-22-25-28-30-31-32-33-34-35-36-37-38-39-40-41-43-44-47-50-53-56-59-62-69(73)71-67(66-78-80(75,76)77-65-64-72(4,5)6)68(61-58-55-52-49-46-27-24-21-18-15-12-9-3)79-70(74)63-60-57-54-51-48-45-42-29-26-23-20-17-14-11-8-2/h19,22-23,26,28,30,58,61,67-68H,7-18,20-21,24-25,27,29,31-57,59-60,62-66H2,1-6H3,(H-,71,73,75,76)/p+1/b22-19-,26-23-,30-28-,61-58-. The molecule has 0 fully saturated rings. The molecule has 2 N–H and O–H groups in total. The lowest BCUT2D eigenvalue weighted by Crippen LogP contribution is -2.47. The van der Waals surface area contributed by atoms with Gasteiger partial charge in [0.2, 0.25) is 5.91 Å². The first-order valence-corrected chi connectivity index (χ1v) is 36.0. The van der Waals surface area contributed by atoms with Crippen LogP contribution in [0.5, 0.6) is 0 Å². The molecule has 0 aromatic heterocycles. The molecule has 1 amide bonds. The SMILES string of the molecule is CCCCC/C=C\C/C=C\CCCCCCCCCCCCCCCCCCCC(=O)NC(COP(=O)(O)OCC[N+](C)(C)C)C(/C=C\CCCCCCCCCCCC)OC(=O)CCCCCCCCC/C=C\CCCCCC. The van der Waals surface area contributed by atoms with Crippen LogP contribution in [0.15, 0.2) is 48.6 Å². The van der Waals surface area contributed by atoms with Gasteiger partial charge >= 0.3 is 13.8 Å². The molecule has 0 rings (SSSR count). The van der Waals surface area contributed by atoms with E-state index in [-0.39, 0.29) is 31.5 Å². The normalized spacial score (nSPS) is 13.8. The van der Waals surface area contributed by atoms with Crippen LogP contribution in [0.2, 0.25) is 0 Å². The van der Waals surface area contributed by atoms with Crippen molar-refractivity contribution in [2.45, 2.75) is 348 Å². The summed E-state index contributed by atoms with van der Waals surface area (Å²) in [5.41, 5.74) is 0. The maximum absolute atomic E-state index is 13.6. The molecular weight excluding hydrogens is 1010 g/mol. The number of unbranched alkanes of at least 4 members (excludes halogenated alkanes) is 41. The van der Waals surface area contributed by atoms with E-state index in [4.69, 9.17) is 13.8 Å². The molecule has 0 radical (unpaired) electrons. The van der Waals surface area contributed by atoms with Crippen LogP contribution in [-0.4, -0.2) is 74.3 Å². The quantitative estimate of drug-likeness (QED) is 0.0205. The van der Waals surface area contributed by atoms with Gasteiger partial charge in [-0.15, -0.1) is 0 Å². The molecule has 0 aliphatic carbocycles. The largest absolute Gasteiger partial charge is 0.472 e. The number of quaternary nitrogens is 1. The monoisotopic (exact) mass is 1150 g/mol. The number of carbonyl (C=O) groups is 2. The molecule has 0 spiro atoms. The number of rotatable bonds is 63. The first kappa shape index (κ1) is 78.0. The minimum atomic E-state index is -4.45. The first-order valence-electron chi connectivity index (χ1n) is 34.5. The molecule has 80 heavy (non-hydrogen) atoms. The maximum atomic E-state index is 13.6. The number of allylic oxidation sites excluding steroid dienone is 7. The molecule has 10 heteroatoms. The van der Waals surface area contributed by atoms with Crippen LogP contribution in [0, 0.1) is 0 Å². The number of nitrogens with one attached hydrogen (secondary N) is 1. The molecule has 0 aliphatic heterocycles. The average molecular weight is 1150 g/mol. The Kier molecular flexibility index (Phi) is 58.6. The van der Waals surface area contributed by atoms with Gasteiger partial charge in [-0.25, -0.2) is 4.57 Å². The Bertz CT molecular complexity index is 1510. The molecule has 0 saturated carbocycles. The highest BCUT2D eigenvalue weighted by Gasteiger charge is 2.30. The molecule has 3 unspecified atom stereocenters. The number of phosphoric acid groups is 1. The minimum Gasteiger partial charge on any atom is -0.456 e. The second kappa shape index (κ2) is 60.1. The number of ether oxygens (including phenoxy) is 1. The van der Waals surface area contributed by atoms with Crippen LogP contribution in [0.1, 0.15) is 335 Å². The third-order valence-corrected chi connectivity index (χ3v) is 16.5. The maximum Gasteiger partial charge on any atom is 0.472 e. The number of hydrogen-bond donors (Lipinski definition) is 2. The fourth-order valence-corrected chi connectivity index (χ4v) is 10.9. The van der Waals surface area contributed by atoms with E-state index in [9.17, 15) is 19.0 Å². The Morgan fingerprint density at radius 1 is 0.438 bits per heavy atom. The van der Waals surface area contributed by atoms with E-state index >= 15 is 0 Å². The number of nitrogens with zero attached hydrogens (tertiary/aromatic N) is 1. The molecule has 9 nitrogen and oxygen atoms in total. The predicted molar refractivity (Wildman–Crippen MR) is 346 cm³/mol. The van der Waals surface area contributed by atoms with Crippen molar-refractivity contribution in [1.82, 2.24) is 5.32 Å². The van der Waals surface area contributed by atoms with E-state index in [2.05, 4.69) is 62.5 Å². The van der Waals surface area contributed by atoms with Crippen LogP contribution in [0.25, 0.3) is 0 Å². The third-order valence-electron chi connectivity index (χ3n) is 15.5. The van der Waals surface area contributed by atoms with E-state index < -0.39 is 20.0 Å². The molecule has 0 bridgehead atoms. The average Bonchev–Trinajstić information content (AvgIpc) is 3.42. The van der Waals surface area contributed by atoms with Crippen molar-refractivity contribution in [1.29, 1.82) is 0 Å². The fraction of sp³-hybridized carbons (Fsp3) is 0.857. The summed E-state index contributed by atoms with van der Waals surface area (Å²) >= 11 is 0. The van der Waals surface area contributed by atoms with Gasteiger partial charge in [0.15, 0.2) is 0 Å². The van der Waals surface area contributed by atoms with Crippen LogP contribution < -0.4 is 5.32 Å². The Hall–Kier alpha value is -2.03. The van der Waals surface area contributed by atoms with E-state index in [1.165, 1.54) is 238 Å². The topological polar surface area (TPSA) is 111 Å². The molecule has 0 aromatic carbocycles. The van der Waals surface area contributed by atoms with Gasteiger partial charge in [0.25, 0.3) is 0 Å². The Morgan fingerprint density at radius 2 is 0.762 bits per heavy atom. The van der Waals surface area contributed by atoms with E-state index in [1.54, 1.807) is 0 Å². The van der Waals surface area contributed by atoms with Crippen LogP contribution >= 0.6 is 7.82 Å². The predicted octanol–water partition coefficient (Wildman–Crippen LogP) is 21.6. The summed E-state index contributed by atoms with van der Waals surface area (Å²) in [5.74, 6) is -0.496. The molecule has 3 atom stereocenters. The summed E-state index contributed by atoms with van der Waals surface area (Å²) in [7, 11) is 1.51.